The van der Waals surface area contributed by atoms with E-state index in [1.54, 1.807) is 0 Å². The Labute approximate surface area is 169 Å². The number of halogens is 2. The molecule has 0 unspecified atom stereocenters. The number of fused-ring (bicyclic) bond motifs is 2. The molecule has 4 rings (SSSR count). The average Bonchev–Trinajstić information content (AvgIpc) is 3.26. The summed E-state index contributed by atoms with van der Waals surface area (Å²) in [6.07, 6.45) is 2.27. The second-order valence-electron chi connectivity index (χ2n) is 5.76. The van der Waals surface area contributed by atoms with Crippen molar-refractivity contribution >= 4 is 38.6 Å². The number of aryl methyl sites for hydroxylation is 2. The molecule has 0 saturated carbocycles. The van der Waals surface area contributed by atoms with E-state index in [1.807, 2.05) is 0 Å². The second-order valence-corrected chi connectivity index (χ2v) is 9.50. The molecule has 0 radical (unpaired) electrons. The Morgan fingerprint density at radius 1 is 0.720 bits per heavy atom. The van der Waals surface area contributed by atoms with Gasteiger partial charge in [0, 0.05) is 0 Å². The van der Waals surface area contributed by atoms with Gasteiger partial charge in [-0.1, -0.05) is 26.0 Å². The molecule has 0 saturated heterocycles. The SMILES string of the molecule is CCc1cc2ccccc2[cH-]1.CCc1cc2ccccc2[cH-]1.[Cl][Zr+2][Cl]. The molecule has 0 aliphatic heterocycles. The van der Waals surface area contributed by atoms with Crippen LogP contribution in [0.3, 0.4) is 0 Å². The number of hydrogen-bond donors (Lipinski definition) is 0. The molecule has 0 aliphatic carbocycles. The van der Waals surface area contributed by atoms with Gasteiger partial charge in [-0.15, -0.1) is 81.2 Å². The van der Waals surface area contributed by atoms with Gasteiger partial charge in [-0.05, 0) is 12.8 Å². The fourth-order valence-electron chi connectivity index (χ4n) is 2.84. The van der Waals surface area contributed by atoms with Crippen molar-refractivity contribution in [1.82, 2.24) is 0 Å². The Morgan fingerprint density at radius 2 is 1.08 bits per heavy atom. The van der Waals surface area contributed by atoms with Gasteiger partial charge in [-0.3, -0.25) is 0 Å². The van der Waals surface area contributed by atoms with Crippen LogP contribution in [0.15, 0.2) is 72.8 Å². The zero-order valence-electron chi connectivity index (χ0n) is 14.6. The first-order chi connectivity index (χ1) is 12.2. The van der Waals surface area contributed by atoms with Gasteiger partial charge in [0.15, 0.2) is 0 Å². The molecule has 0 atom stereocenters. The molecule has 0 bridgehead atoms. The molecule has 128 valence electrons. The minimum atomic E-state index is -0.826. The van der Waals surface area contributed by atoms with Crippen molar-refractivity contribution in [1.29, 1.82) is 0 Å². The summed E-state index contributed by atoms with van der Waals surface area (Å²) in [6, 6.07) is 26.0. The van der Waals surface area contributed by atoms with Gasteiger partial charge in [-0.2, -0.15) is 12.1 Å². The third kappa shape index (κ3) is 6.10. The Balaban J connectivity index is 0.000000156. The Kier molecular flexibility index (Phi) is 8.96. The van der Waals surface area contributed by atoms with Crippen LogP contribution in [-0.4, -0.2) is 0 Å². The molecule has 0 amide bonds. The third-order valence-electron chi connectivity index (χ3n) is 4.17. The maximum atomic E-state index is 4.93. The quantitative estimate of drug-likeness (QED) is 0.277. The molecular formula is C22H22Cl2Zr. The average molecular weight is 449 g/mol. The van der Waals surface area contributed by atoms with Crippen LogP contribution in [0.4, 0.5) is 0 Å². The van der Waals surface area contributed by atoms with E-state index in [0.29, 0.717) is 0 Å². The predicted octanol–water partition coefficient (Wildman–Crippen LogP) is 7.62. The molecule has 0 N–H and O–H groups in total. The second kappa shape index (κ2) is 11.0. The van der Waals surface area contributed by atoms with E-state index in [1.165, 1.54) is 32.7 Å². The molecule has 0 spiro atoms. The zero-order valence-corrected chi connectivity index (χ0v) is 18.6. The maximum absolute atomic E-state index is 4.93. The normalized spacial score (nSPS) is 9.76. The summed E-state index contributed by atoms with van der Waals surface area (Å²) in [5, 5.41) is 5.46. The van der Waals surface area contributed by atoms with Crippen molar-refractivity contribution in [3.8, 4) is 0 Å². The van der Waals surface area contributed by atoms with E-state index >= 15 is 0 Å². The van der Waals surface area contributed by atoms with E-state index in [2.05, 4.69) is 86.6 Å². The summed E-state index contributed by atoms with van der Waals surface area (Å²) in [4.78, 5) is 0. The summed E-state index contributed by atoms with van der Waals surface area (Å²) in [5.41, 5.74) is 2.87. The Hall–Kier alpha value is -0.877. The van der Waals surface area contributed by atoms with Gasteiger partial charge in [0.25, 0.3) is 0 Å². The molecule has 0 fully saturated rings. The summed E-state index contributed by atoms with van der Waals surface area (Å²) in [7, 11) is 9.87. The van der Waals surface area contributed by atoms with Crippen molar-refractivity contribution in [3.05, 3.63) is 83.9 Å². The fraction of sp³-hybridized carbons (Fsp3) is 0.182. The van der Waals surface area contributed by atoms with Crippen LogP contribution in [0, 0.1) is 0 Å². The number of hydrogen-bond acceptors (Lipinski definition) is 0. The first-order valence-corrected chi connectivity index (χ1v) is 14.8. The summed E-state index contributed by atoms with van der Waals surface area (Å²) in [6.45, 7) is 4.38. The summed E-state index contributed by atoms with van der Waals surface area (Å²) < 4.78 is 0. The van der Waals surface area contributed by atoms with E-state index < -0.39 is 20.8 Å². The fourth-order valence-corrected chi connectivity index (χ4v) is 2.84. The van der Waals surface area contributed by atoms with Crippen molar-refractivity contribution in [2.24, 2.45) is 0 Å². The van der Waals surface area contributed by atoms with Gasteiger partial charge < -0.3 is 0 Å². The zero-order chi connectivity index (χ0) is 18.1. The van der Waals surface area contributed by atoms with Crippen LogP contribution in [0.1, 0.15) is 25.0 Å². The molecule has 0 heterocycles. The van der Waals surface area contributed by atoms with Crippen molar-refractivity contribution in [2.75, 3.05) is 0 Å². The van der Waals surface area contributed by atoms with E-state index in [9.17, 15) is 0 Å². The topological polar surface area (TPSA) is 0 Å². The first-order valence-electron chi connectivity index (χ1n) is 8.46. The molecule has 4 aromatic rings. The van der Waals surface area contributed by atoms with E-state index in [0.717, 1.165) is 12.8 Å². The van der Waals surface area contributed by atoms with Crippen LogP contribution in [0.5, 0.6) is 0 Å². The van der Waals surface area contributed by atoms with Gasteiger partial charge in [0.2, 0.25) is 0 Å². The molecule has 0 nitrogen and oxygen atoms in total. The monoisotopic (exact) mass is 446 g/mol. The van der Waals surface area contributed by atoms with Gasteiger partial charge in [0.1, 0.15) is 0 Å². The summed E-state index contributed by atoms with van der Waals surface area (Å²) in [5.74, 6) is 0. The Bertz CT molecular complexity index is 749. The Morgan fingerprint density at radius 3 is 1.40 bits per heavy atom. The van der Waals surface area contributed by atoms with Crippen molar-refractivity contribution < 1.29 is 20.8 Å². The molecular weight excluding hydrogens is 426 g/mol. The van der Waals surface area contributed by atoms with Crippen LogP contribution in [0.2, 0.25) is 0 Å². The predicted molar refractivity (Wildman–Crippen MR) is 110 cm³/mol. The summed E-state index contributed by atoms with van der Waals surface area (Å²) >= 11 is -0.826. The molecule has 0 aromatic heterocycles. The van der Waals surface area contributed by atoms with Gasteiger partial charge in [-0.25, -0.2) is 0 Å². The van der Waals surface area contributed by atoms with Crippen LogP contribution in [-0.2, 0) is 33.7 Å². The van der Waals surface area contributed by atoms with E-state index in [4.69, 9.17) is 17.0 Å². The van der Waals surface area contributed by atoms with E-state index in [-0.39, 0.29) is 0 Å². The number of rotatable bonds is 2. The van der Waals surface area contributed by atoms with Crippen LogP contribution < -0.4 is 0 Å². The van der Waals surface area contributed by atoms with Gasteiger partial charge in [0.05, 0.1) is 0 Å². The molecule has 25 heavy (non-hydrogen) atoms. The molecule has 3 heteroatoms. The standard InChI is InChI=1S/2C11H11.2ClH.Zr/c2*1-2-9-7-10-5-3-4-6-11(10)8-9;;;/h2*3-8H,2H2,1H3;2*1H;/q2*-1;;;+4/p-2. The van der Waals surface area contributed by atoms with Crippen molar-refractivity contribution in [2.45, 2.75) is 26.7 Å². The number of benzene rings is 2. The molecule has 4 aromatic carbocycles. The van der Waals surface area contributed by atoms with Crippen LogP contribution in [0.25, 0.3) is 21.5 Å². The van der Waals surface area contributed by atoms with Gasteiger partial charge >= 0.3 is 37.9 Å². The third-order valence-corrected chi connectivity index (χ3v) is 4.17. The molecule has 0 aliphatic rings. The van der Waals surface area contributed by atoms with Crippen LogP contribution >= 0.6 is 17.0 Å². The first kappa shape index (κ1) is 20.4. The van der Waals surface area contributed by atoms with Crippen molar-refractivity contribution in [3.63, 3.8) is 0 Å². The minimum absolute atomic E-state index is 0.826.